The standard InChI is InChI=1S/C29H27N3O3S/c1-22(31-24-15-17-26(18-16-24)35-25-12-7-2-3-8-13-25)36-29(14-9-21-30)28(33)20-19-27(32-34)23-10-5-4-6-11-23/h2-8,10-12,14-20,22,31,34H,9,13H2,1H3/b20-19+,29-14-,32-27+. The van der Waals surface area contributed by atoms with Crippen LogP contribution in [-0.2, 0) is 4.79 Å². The molecule has 36 heavy (non-hydrogen) atoms. The minimum Gasteiger partial charge on any atom is -0.461 e. The number of rotatable bonds is 11. The van der Waals surface area contributed by atoms with E-state index in [4.69, 9.17) is 10.00 Å². The fraction of sp³-hybridized carbons (Fsp3) is 0.138. The molecular weight excluding hydrogens is 470 g/mol. The number of nitrogens with zero attached hydrogens (tertiary/aromatic N) is 2. The van der Waals surface area contributed by atoms with Crippen molar-refractivity contribution in [3.05, 3.63) is 119 Å². The summed E-state index contributed by atoms with van der Waals surface area (Å²) in [5.74, 6) is 1.33. The maximum atomic E-state index is 12.9. The first kappa shape index (κ1) is 26.3. The predicted octanol–water partition coefficient (Wildman–Crippen LogP) is 6.76. The van der Waals surface area contributed by atoms with Gasteiger partial charge in [0.2, 0.25) is 0 Å². The van der Waals surface area contributed by atoms with Crippen LogP contribution in [0.5, 0.6) is 5.75 Å². The number of ether oxygens (including phenoxy) is 1. The van der Waals surface area contributed by atoms with Crippen LogP contribution < -0.4 is 10.1 Å². The number of nitrogens with one attached hydrogen (secondary N) is 1. The molecule has 0 radical (unpaired) electrons. The number of oxime groups is 1. The lowest BCUT2D eigenvalue weighted by Gasteiger charge is -2.16. The van der Waals surface area contributed by atoms with Crippen molar-refractivity contribution in [2.75, 3.05) is 5.32 Å². The highest BCUT2D eigenvalue weighted by Gasteiger charge is 2.13. The normalized spacial score (nSPS) is 14.6. The number of anilines is 1. The largest absolute Gasteiger partial charge is 0.461 e. The Morgan fingerprint density at radius 2 is 1.94 bits per heavy atom. The monoisotopic (exact) mass is 497 g/mol. The summed E-state index contributed by atoms with van der Waals surface area (Å²) in [6, 6.07) is 18.7. The average Bonchev–Trinajstić information content (AvgIpc) is 3.17. The highest BCUT2D eigenvalue weighted by Crippen LogP contribution is 2.27. The second-order valence-corrected chi connectivity index (χ2v) is 9.04. The molecule has 2 N–H and O–H groups in total. The van der Waals surface area contributed by atoms with Gasteiger partial charge in [-0.1, -0.05) is 77.6 Å². The number of benzene rings is 2. The first-order chi connectivity index (χ1) is 17.6. The third-order valence-electron chi connectivity index (χ3n) is 4.93. The van der Waals surface area contributed by atoms with Gasteiger partial charge in [0.1, 0.15) is 17.2 Å². The summed E-state index contributed by atoms with van der Waals surface area (Å²) >= 11 is 1.32. The van der Waals surface area contributed by atoms with E-state index >= 15 is 0 Å². The first-order valence-corrected chi connectivity index (χ1v) is 12.3. The summed E-state index contributed by atoms with van der Waals surface area (Å²) in [5.41, 5.74) is 1.83. The quantitative estimate of drug-likeness (QED) is 0.117. The number of carbonyl (C=O) groups is 1. The maximum Gasteiger partial charge on any atom is 0.192 e. The number of thioether (sulfide) groups is 1. The molecule has 7 heteroatoms. The number of ketones is 1. The zero-order valence-electron chi connectivity index (χ0n) is 19.9. The van der Waals surface area contributed by atoms with E-state index in [1.807, 2.05) is 85.8 Å². The van der Waals surface area contributed by atoms with E-state index in [-0.39, 0.29) is 23.3 Å². The van der Waals surface area contributed by atoms with Crippen LogP contribution in [0.1, 0.15) is 25.3 Å². The summed E-state index contributed by atoms with van der Waals surface area (Å²) in [5, 5.41) is 24.8. The SMILES string of the molecule is CC(Nc1ccc(OC2=CC=CC=CC2)cc1)S/C(=C\CC#N)C(=O)/C=C/C(=N\O)c1ccccc1. The third-order valence-corrected chi connectivity index (χ3v) is 6.02. The maximum absolute atomic E-state index is 12.9. The van der Waals surface area contributed by atoms with Gasteiger partial charge in [-0.3, -0.25) is 4.79 Å². The van der Waals surface area contributed by atoms with Crippen LogP contribution in [0.3, 0.4) is 0 Å². The Hall–Kier alpha value is -4.28. The molecule has 0 saturated carbocycles. The highest BCUT2D eigenvalue weighted by atomic mass is 32.2. The number of hydrogen-bond acceptors (Lipinski definition) is 7. The van der Waals surface area contributed by atoms with Crippen molar-refractivity contribution in [1.82, 2.24) is 0 Å². The van der Waals surface area contributed by atoms with E-state index in [0.29, 0.717) is 10.5 Å². The lowest BCUT2D eigenvalue weighted by atomic mass is 10.1. The topological polar surface area (TPSA) is 94.7 Å². The Morgan fingerprint density at radius 3 is 2.67 bits per heavy atom. The minimum atomic E-state index is -0.274. The van der Waals surface area contributed by atoms with Crippen LogP contribution in [0, 0.1) is 11.3 Å². The van der Waals surface area contributed by atoms with E-state index in [1.165, 1.54) is 23.9 Å². The predicted molar refractivity (Wildman–Crippen MR) is 146 cm³/mol. The first-order valence-electron chi connectivity index (χ1n) is 11.4. The molecule has 0 aromatic heterocycles. The molecule has 0 heterocycles. The van der Waals surface area contributed by atoms with E-state index < -0.39 is 0 Å². The van der Waals surface area contributed by atoms with Gasteiger partial charge in [0.05, 0.1) is 22.8 Å². The Kier molecular flexibility index (Phi) is 10.4. The summed E-state index contributed by atoms with van der Waals surface area (Å²) in [6.07, 6.45) is 15.1. The van der Waals surface area contributed by atoms with Crippen LogP contribution in [0.25, 0.3) is 0 Å². The van der Waals surface area contributed by atoms with Gasteiger partial charge in [0, 0.05) is 17.7 Å². The van der Waals surface area contributed by atoms with E-state index in [1.54, 1.807) is 18.2 Å². The molecule has 2 aromatic rings. The molecule has 2 aromatic carbocycles. The summed E-state index contributed by atoms with van der Waals surface area (Å²) in [4.78, 5) is 13.3. The van der Waals surface area contributed by atoms with Gasteiger partial charge in [0.15, 0.2) is 5.78 Å². The summed E-state index contributed by atoms with van der Waals surface area (Å²) < 4.78 is 5.93. The number of nitriles is 1. The van der Waals surface area contributed by atoms with Crippen LogP contribution >= 0.6 is 11.8 Å². The lowest BCUT2D eigenvalue weighted by Crippen LogP contribution is -2.13. The van der Waals surface area contributed by atoms with Gasteiger partial charge in [0.25, 0.3) is 0 Å². The average molecular weight is 498 g/mol. The lowest BCUT2D eigenvalue weighted by molar-refractivity contribution is -0.110. The molecule has 0 bridgehead atoms. The minimum absolute atomic E-state index is 0.112. The van der Waals surface area contributed by atoms with Gasteiger partial charge in [-0.25, -0.2) is 0 Å². The number of allylic oxidation sites excluding steroid dienone is 9. The molecule has 1 aliphatic carbocycles. The Bertz CT molecular complexity index is 1250. The summed E-state index contributed by atoms with van der Waals surface area (Å²) in [7, 11) is 0. The second kappa shape index (κ2) is 14.2. The van der Waals surface area contributed by atoms with Gasteiger partial charge in [-0.2, -0.15) is 5.26 Å². The van der Waals surface area contributed by atoms with Crippen LogP contribution in [-0.4, -0.2) is 22.1 Å². The molecule has 0 fully saturated rings. The molecule has 0 amide bonds. The van der Waals surface area contributed by atoms with Crippen molar-refractivity contribution < 1.29 is 14.7 Å². The van der Waals surface area contributed by atoms with Crippen molar-refractivity contribution in [2.45, 2.75) is 25.1 Å². The van der Waals surface area contributed by atoms with Gasteiger partial charge in [-0.05, 0) is 49.4 Å². The molecule has 182 valence electrons. The van der Waals surface area contributed by atoms with Crippen molar-refractivity contribution in [2.24, 2.45) is 5.16 Å². The summed E-state index contributed by atoms with van der Waals surface area (Å²) in [6.45, 7) is 1.94. The molecule has 0 spiro atoms. The van der Waals surface area contributed by atoms with Crippen molar-refractivity contribution in [3.8, 4) is 11.8 Å². The molecule has 3 rings (SSSR count). The molecule has 0 aliphatic heterocycles. The van der Waals surface area contributed by atoms with Crippen molar-refractivity contribution in [1.29, 1.82) is 5.26 Å². The van der Waals surface area contributed by atoms with Gasteiger partial charge in [-0.15, -0.1) is 0 Å². The molecule has 6 nitrogen and oxygen atoms in total. The molecule has 1 unspecified atom stereocenters. The molecular formula is C29H27N3O3S. The molecule has 1 aliphatic rings. The Balaban J connectivity index is 1.61. The molecule has 1 atom stereocenters. The van der Waals surface area contributed by atoms with Gasteiger partial charge >= 0.3 is 0 Å². The third kappa shape index (κ3) is 8.49. The van der Waals surface area contributed by atoms with Crippen LogP contribution in [0.4, 0.5) is 5.69 Å². The molecule has 0 saturated heterocycles. The van der Waals surface area contributed by atoms with Crippen LogP contribution in [0.2, 0.25) is 0 Å². The fourth-order valence-electron chi connectivity index (χ4n) is 3.24. The zero-order valence-corrected chi connectivity index (χ0v) is 20.7. The van der Waals surface area contributed by atoms with Crippen molar-refractivity contribution >= 4 is 28.9 Å². The number of hydrogen-bond donors (Lipinski definition) is 2. The highest BCUT2D eigenvalue weighted by molar-refractivity contribution is 8.04. The Labute approximate surface area is 215 Å². The Morgan fingerprint density at radius 1 is 1.17 bits per heavy atom. The van der Waals surface area contributed by atoms with Crippen LogP contribution in [0.15, 0.2) is 119 Å². The van der Waals surface area contributed by atoms with Gasteiger partial charge < -0.3 is 15.3 Å². The zero-order chi connectivity index (χ0) is 25.6. The van der Waals surface area contributed by atoms with E-state index in [9.17, 15) is 10.0 Å². The fourth-order valence-corrected chi connectivity index (χ4v) is 4.18. The van der Waals surface area contributed by atoms with E-state index in [0.717, 1.165) is 23.6 Å². The van der Waals surface area contributed by atoms with Crippen molar-refractivity contribution in [3.63, 3.8) is 0 Å². The number of carbonyl (C=O) groups excluding carboxylic acids is 1. The smallest absolute Gasteiger partial charge is 0.192 e. The second-order valence-electron chi connectivity index (χ2n) is 7.66. The van der Waals surface area contributed by atoms with E-state index in [2.05, 4.69) is 10.5 Å².